The Labute approximate surface area is 73.5 Å². The lowest BCUT2D eigenvalue weighted by Gasteiger charge is -2.21. The Bertz CT molecular complexity index is 166. The van der Waals surface area contributed by atoms with Gasteiger partial charge in [0.05, 0.1) is 5.92 Å². The molecule has 3 nitrogen and oxygen atoms in total. The average Bonchev–Trinajstić information content (AvgIpc) is 2.32. The van der Waals surface area contributed by atoms with E-state index in [0.29, 0.717) is 6.54 Å². The number of carbonyl (C=O) groups is 1. The summed E-state index contributed by atoms with van der Waals surface area (Å²) in [6.07, 6.45) is 0.828. The first-order valence-electron chi connectivity index (χ1n) is 4.28. The van der Waals surface area contributed by atoms with E-state index in [9.17, 15) is 4.79 Å². The maximum atomic E-state index is 11.4. The molecule has 69 valence electrons. The first-order chi connectivity index (χ1) is 5.49. The molecule has 1 N–H and O–H groups in total. The van der Waals surface area contributed by atoms with Crippen molar-refractivity contribution in [2.24, 2.45) is 0 Å². The van der Waals surface area contributed by atoms with Crippen molar-refractivity contribution in [1.29, 1.82) is 0 Å². The van der Waals surface area contributed by atoms with Crippen LogP contribution in [0.25, 0.3) is 0 Å². The van der Waals surface area contributed by atoms with E-state index >= 15 is 0 Å². The van der Waals surface area contributed by atoms with Gasteiger partial charge in [-0.05, 0) is 33.7 Å². The van der Waals surface area contributed by atoms with Crippen molar-refractivity contribution in [2.45, 2.75) is 32.8 Å². The van der Waals surface area contributed by atoms with Crippen molar-refractivity contribution in [3.05, 3.63) is 5.92 Å². The predicted octanol–water partition coefficient (Wildman–Crippen LogP) is 0.896. The minimum Gasteiger partial charge on any atom is -0.459 e. The number of rotatable bonds is 1. The molecule has 0 aromatic heterocycles. The Kier molecular flexibility index (Phi) is 2.73. The quantitative estimate of drug-likeness (QED) is 0.594. The maximum Gasteiger partial charge on any atom is 0.315 e. The third-order valence-electron chi connectivity index (χ3n) is 1.63. The molecule has 0 spiro atoms. The third kappa shape index (κ3) is 2.81. The second-order valence-electron chi connectivity index (χ2n) is 4.03. The van der Waals surface area contributed by atoms with Crippen molar-refractivity contribution >= 4 is 5.97 Å². The highest BCUT2D eigenvalue weighted by molar-refractivity contribution is 5.85. The van der Waals surface area contributed by atoms with Gasteiger partial charge in [0, 0.05) is 6.54 Å². The molecule has 0 bridgehead atoms. The number of nitrogens with one attached hydrogen (secondary N) is 1. The van der Waals surface area contributed by atoms with Gasteiger partial charge in [-0.3, -0.25) is 4.79 Å². The fraction of sp³-hybridized carbons (Fsp3) is 0.778. The summed E-state index contributed by atoms with van der Waals surface area (Å²) in [4.78, 5) is 11.4. The van der Waals surface area contributed by atoms with Gasteiger partial charge >= 0.3 is 5.97 Å². The van der Waals surface area contributed by atoms with E-state index < -0.39 is 0 Å². The van der Waals surface area contributed by atoms with E-state index in [1.165, 1.54) is 0 Å². The lowest BCUT2D eigenvalue weighted by molar-refractivity contribution is -0.152. The average molecular weight is 170 g/mol. The van der Waals surface area contributed by atoms with Crippen LogP contribution in [0, 0.1) is 5.92 Å². The van der Waals surface area contributed by atoms with Gasteiger partial charge in [0.1, 0.15) is 5.60 Å². The van der Waals surface area contributed by atoms with Crippen LogP contribution >= 0.6 is 0 Å². The minimum absolute atomic E-state index is 0.146. The van der Waals surface area contributed by atoms with Crippen LogP contribution < -0.4 is 5.32 Å². The third-order valence-corrected chi connectivity index (χ3v) is 1.63. The highest BCUT2D eigenvalue weighted by atomic mass is 16.6. The molecule has 12 heavy (non-hydrogen) atoms. The number of hydrogen-bond donors (Lipinski definition) is 1. The number of carbonyl (C=O) groups excluding carboxylic acids is 1. The van der Waals surface area contributed by atoms with Gasteiger partial charge < -0.3 is 10.1 Å². The fourth-order valence-corrected chi connectivity index (χ4v) is 1.09. The normalized spacial score (nSPS) is 19.6. The standard InChI is InChI=1S/C9H16NO2/c1-9(2,3)12-8(11)7-4-5-10-6-7/h10H,4-6H2,1-3H3. The number of hydrogen-bond acceptors (Lipinski definition) is 3. The molecule has 1 aliphatic rings. The summed E-state index contributed by atoms with van der Waals surface area (Å²) in [7, 11) is 0. The largest absolute Gasteiger partial charge is 0.459 e. The van der Waals surface area contributed by atoms with Crippen LogP contribution in [0.3, 0.4) is 0 Å². The monoisotopic (exact) mass is 170 g/mol. The Hall–Kier alpha value is -0.570. The van der Waals surface area contributed by atoms with Crippen molar-refractivity contribution < 1.29 is 9.53 Å². The van der Waals surface area contributed by atoms with E-state index in [1.807, 2.05) is 20.8 Å². The van der Waals surface area contributed by atoms with E-state index in [-0.39, 0.29) is 11.6 Å². The molecule has 1 rings (SSSR count). The molecule has 0 saturated carbocycles. The van der Waals surface area contributed by atoms with Gasteiger partial charge in [-0.2, -0.15) is 0 Å². The zero-order valence-corrected chi connectivity index (χ0v) is 7.94. The molecule has 0 aliphatic carbocycles. The molecule has 0 aromatic carbocycles. The molecule has 0 aromatic rings. The van der Waals surface area contributed by atoms with Gasteiger partial charge in [-0.1, -0.05) is 0 Å². The number of esters is 1. The highest BCUT2D eigenvalue weighted by Crippen LogP contribution is 2.16. The summed E-state index contributed by atoms with van der Waals surface area (Å²) in [5.74, 6) is 0.720. The lowest BCUT2D eigenvalue weighted by atomic mass is 10.1. The summed E-state index contributed by atoms with van der Waals surface area (Å²) in [5, 5.41) is 3.10. The molecule has 1 heterocycles. The van der Waals surface area contributed by atoms with Crippen LogP contribution in [0.2, 0.25) is 0 Å². The summed E-state index contributed by atoms with van der Waals surface area (Å²) in [6, 6.07) is 0. The molecule has 1 aliphatic heterocycles. The van der Waals surface area contributed by atoms with Crippen molar-refractivity contribution in [3.8, 4) is 0 Å². The van der Waals surface area contributed by atoms with Gasteiger partial charge in [-0.25, -0.2) is 0 Å². The Morgan fingerprint density at radius 3 is 2.58 bits per heavy atom. The summed E-state index contributed by atoms with van der Waals surface area (Å²) in [6.45, 7) is 7.24. The Balaban J connectivity index is 2.37. The van der Waals surface area contributed by atoms with Crippen LogP contribution in [0.4, 0.5) is 0 Å². The second-order valence-corrected chi connectivity index (χ2v) is 4.03. The Morgan fingerprint density at radius 2 is 2.17 bits per heavy atom. The molecule has 0 amide bonds. The van der Waals surface area contributed by atoms with Gasteiger partial charge in [0.2, 0.25) is 0 Å². The smallest absolute Gasteiger partial charge is 0.315 e. The predicted molar refractivity (Wildman–Crippen MR) is 46.6 cm³/mol. The van der Waals surface area contributed by atoms with Crippen LogP contribution in [-0.2, 0) is 9.53 Å². The molecule has 3 heteroatoms. The SMILES string of the molecule is CC(C)(C)OC(=O)[C]1CCNC1. The number of ether oxygens (including phenoxy) is 1. The second kappa shape index (κ2) is 3.44. The van der Waals surface area contributed by atoms with Crippen molar-refractivity contribution in [3.63, 3.8) is 0 Å². The van der Waals surface area contributed by atoms with Gasteiger partial charge in [0.25, 0.3) is 0 Å². The first-order valence-corrected chi connectivity index (χ1v) is 4.28. The minimum atomic E-state index is -0.368. The van der Waals surface area contributed by atoms with Gasteiger partial charge in [0.15, 0.2) is 0 Å². The molecule has 1 fully saturated rings. The molecular formula is C9H16NO2. The van der Waals surface area contributed by atoms with Crippen molar-refractivity contribution in [1.82, 2.24) is 5.32 Å². The van der Waals surface area contributed by atoms with E-state index in [1.54, 1.807) is 0 Å². The van der Waals surface area contributed by atoms with Crippen LogP contribution in [-0.4, -0.2) is 24.7 Å². The molecular weight excluding hydrogens is 154 g/mol. The topological polar surface area (TPSA) is 38.3 Å². The van der Waals surface area contributed by atoms with E-state index in [4.69, 9.17) is 4.74 Å². The summed E-state index contributed by atoms with van der Waals surface area (Å²) < 4.78 is 5.21. The Morgan fingerprint density at radius 1 is 1.50 bits per heavy atom. The van der Waals surface area contributed by atoms with Crippen LogP contribution in [0.15, 0.2) is 0 Å². The van der Waals surface area contributed by atoms with Gasteiger partial charge in [-0.15, -0.1) is 0 Å². The molecule has 0 unspecified atom stereocenters. The molecule has 1 radical (unpaired) electrons. The van der Waals surface area contributed by atoms with E-state index in [2.05, 4.69) is 5.32 Å². The summed E-state index contributed by atoms with van der Waals surface area (Å²) >= 11 is 0. The maximum absolute atomic E-state index is 11.4. The van der Waals surface area contributed by atoms with Crippen molar-refractivity contribution in [2.75, 3.05) is 13.1 Å². The molecule has 1 saturated heterocycles. The zero-order valence-electron chi connectivity index (χ0n) is 7.94. The van der Waals surface area contributed by atoms with Crippen LogP contribution in [0.5, 0.6) is 0 Å². The summed E-state index contributed by atoms with van der Waals surface area (Å²) in [5.41, 5.74) is -0.368. The lowest BCUT2D eigenvalue weighted by Crippen LogP contribution is -2.28. The first kappa shape index (κ1) is 9.52. The zero-order chi connectivity index (χ0) is 9.19. The van der Waals surface area contributed by atoms with E-state index in [0.717, 1.165) is 18.9 Å². The fourth-order valence-electron chi connectivity index (χ4n) is 1.09. The van der Waals surface area contributed by atoms with Crippen LogP contribution in [0.1, 0.15) is 27.2 Å². The molecule has 0 atom stereocenters. The highest BCUT2D eigenvalue weighted by Gasteiger charge is 2.28.